The van der Waals surface area contributed by atoms with Crippen LogP contribution in [0.15, 0.2) is 59.5 Å². The zero-order chi connectivity index (χ0) is 21.6. The molecule has 1 aliphatic heterocycles. The van der Waals surface area contributed by atoms with E-state index in [1.165, 1.54) is 0 Å². The summed E-state index contributed by atoms with van der Waals surface area (Å²) >= 11 is 0. The minimum Gasteiger partial charge on any atom is -0.496 e. The number of benzene rings is 2. The fourth-order valence-electron chi connectivity index (χ4n) is 3.89. The predicted molar refractivity (Wildman–Crippen MR) is 121 cm³/mol. The number of ether oxygens (including phenoxy) is 2. The highest BCUT2D eigenvalue weighted by atomic mass is 16.5. The van der Waals surface area contributed by atoms with Crippen LogP contribution in [0.3, 0.4) is 0 Å². The standard InChI is InChI=1S/C24H27N3O4/c1-30-22-8-3-2-5-18(22)17-23(28)25-21-7-4-6-20-19(21)9-10-27(24(20)29)12-11-26-13-15-31-16-14-26/h2-10H,11-17H2,1H3,(H,25,28). The van der Waals surface area contributed by atoms with Gasteiger partial charge in [0.15, 0.2) is 0 Å². The van der Waals surface area contributed by atoms with Crippen LogP contribution in [0, 0.1) is 0 Å². The molecule has 1 saturated heterocycles. The molecule has 1 N–H and O–H groups in total. The van der Waals surface area contributed by atoms with Crippen LogP contribution in [0.25, 0.3) is 10.8 Å². The first-order valence-corrected chi connectivity index (χ1v) is 10.5. The van der Waals surface area contributed by atoms with E-state index in [0.29, 0.717) is 23.4 Å². The van der Waals surface area contributed by atoms with Crippen molar-refractivity contribution in [2.45, 2.75) is 13.0 Å². The molecule has 31 heavy (non-hydrogen) atoms. The van der Waals surface area contributed by atoms with Gasteiger partial charge in [-0.3, -0.25) is 14.5 Å². The molecule has 1 aromatic heterocycles. The van der Waals surface area contributed by atoms with E-state index in [1.54, 1.807) is 30.0 Å². The van der Waals surface area contributed by atoms with Crippen LogP contribution >= 0.6 is 0 Å². The molecule has 1 fully saturated rings. The molecule has 4 rings (SSSR count). The van der Waals surface area contributed by atoms with E-state index >= 15 is 0 Å². The number of nitrogens with zero attached hydrogens (tertiary/aromatic N) is 2. The molecule has 7 nitrogen and oxygen atoms in total. The maximum atomic E-state index is 13.0. The lowest BCUT2D eigenvalue weighted by molar-refractivity contribution is -0.115. The van der Waals surface area contributed by atoms with Crippen molar-refractivity contribution in [3.63, 3.8) is 0 Å². The zero-order valence-electron chi connectivity index (χ0n) is 17.7. The molecule has 2 aromatic carbocycles. The number of para-hydroxylation sites is 1. The fourth-order valence-corrected chi connectivity index (χ4v) is 3.89. The van der Waals surface area contributed by atoms with Crippen LogP contribution in [-0.2, 0) is 22.5 Å². The molecule has 1 amide bonds. The number of aromatic nitrogens is 1. The van der Waals surface area contributed by atoms with Crippen LogP contribution in [-0.4, -0.2) is 55.3 Å². The number of amides is 1. The second kappa shape index (κ2) is 9.76. The summed E-state index contributed by atoms with van der Waals surface area (Å²) in [7, 11) is 1.59. The van der Waals surface area contributed by atoms with E-state index in [1.807, 2.05) is 36.4 Å². The van der Waals surface area contributed by atoms with Crippen molar-refractivity contribution in [1.29, 1.82) is 0 Å². The summed E-state index contributed by atoms with van der Waals surface area (Å²) in [6.07, 6.45) is 2.00. The molecule has 0 bridgehead atoms. The number of morpholine rings is 1. The number of pyridine rings is 1. The number of hydrogen-bond acceptors (Lipinski definition) is 5. The Kier molecular flexibility index (Phi) is 6.64. The van der Waals surface area contributed by atoms with Gasteiger partial charge in [0, 0.05) is 54.4 Å². The maximum absolute atomic E-state index is 13.0. The predicted octanol–water partition coefficient (Wildman–Crippen LogP) is 2.52. The summed E-state index contributed by atoms with van der Waals surface area (Å²) in [4.78, 5) is 28.0. The summed E-state index contributed by atoms with van der Waals surface area (Å²) in [5.74, 6) is 0.521. The van der Waals surface area contributed by atoms with E-state index in [-0.39, 0.29) is 17.9 Å². The number of methoxy groups -OCH3 is 1. The normalized spacial score (nSPS) is 14.5. The summed E-state index contributed by atoms with van der Waals surface area (Å²) in [6.45, 7) is 4.70. The average Bonchev–Trinajstić information content (AvgIpc) is 2.80. The van der Waals surface area contributed by atoms with E-state index in [0.717, 1.165) is 43.8 Å². The van der Waals surface area contributed by atoms with E-state index in [2.05, 4.69) is 10.2 Å². The molecule has 0 radical (unpaired) electrons. The van der Waals surface area contributed by atoms with Gasteiger partial charge in [0.25, 0.3) is 5.56 Å². The first kappa shape index (κ1) is 21.1. The molecule has 0 unspecified atom stereocenters. The van der Waals surface area contributed by atoms with E-state index < -0.39 is 0 Å². The number of carbonyl (C=O) groups excluding carboxylic acids is 1. The van der Waals surface area contributed by atoms with Crippen LogP contribution in [0.2, 0.25) is 0 Å². The number of fused-ring (bicyclic) bond motifs is 1. The lowest BCUT2D eigenvalue weighted by atomic mass is 10.1. The third-order valence-electron chi connectivity index (χ3n) is 5.60. The van der Waals surface area contributed by atoms with Crippen LogP contribution in [0.1, 0.15) is 5.56 Å². The second-order valence-electron chi connectivity index (χ2n) is 7.57. The Morgan fingerprint density at radius 1 is 1.03 bits per heavy atom. The lowest BCUT2D eigenvalue weighted by Gasteiger charge is -2.26. The molecule has 0 atom stereocenters. The lowest BCUT2D eigenvalue weighted by Crippen LogP contribution is -2.39. The Morgan fingerprint density at radius 2 is 1.84 bits per heavy atom. The summed E-state index contributed by atoms with van der Waals surface area (Å²) in [5.41, 5.74) is 1.40. The monoisotopic (exact) mass is 421 g/mol. The molecule has 0 spiro atoms. The first-order valence-electron chi connectivity index (χ1n) is 10.5. The van der Waals surface area contributed by atoms with Gasteiger partial charge in [0.05, 0.1) is 26.7 Å². The number of carbonyl (C=O) groups is 1. The van der Waals surface area contributed by atoms with Crippen molar-refractivity contribution < 1.29 is 14.3 Å². The highest BCUT2D eigenvalue weighted by Crippen LogP contribution is 2.22. The Hall–Kier alpha value is -3.16. The number of hydrogen-bond donors (Lipinski definition) is 1. The molecule has 2 heterocycles. The van der Waals surface area contributed by atoms with Gasteiger partial charge in [0.2, 0.25) is 5.91 Å². The average molecular weight is 421 g/mol. The van der Waals surface area contributed by atoms with Crippen molar-refractivity contribution in [1.82, 2.24) is 9.47 Å². The van der Waals surface area contributed by atoms with Crippen LogP contribution in [0.5, 0.6) is 5.75 Å². The topological polar surface area (TPSA) is 72.8 Å². The van der Waals surface area contributed by atoms with Gasteiger partial charge in [-0.15, -0.1) is 0 Å². The number of nitrogens with one attached hydrogen (secondary N) is 1. The Morgan fingerprint density at radius 3 is 2.65 bits per heavy atom. The zero-order valence-corrected chi connectivity index (χ0v) is 17.7. The molecular formula is C24H27N3O4. The van der Waals surface area contributed by atoms with Gasteiger partial charge in [-0.2, -0.15) is 0 Å². The van der Waals surface area contributed by atoms with E-state index in [9.17, 15) is 9.59 Å². The van der Waals surface area contributed by atoms with Crippen molar-refractivity contribution in [2.75, 3.05) is 45.3 Å². The highest BCUT2D eigenvalue weighted by Gasteiger charge is 2.13. The SMILES string of the molecule is COc1ccccc1CC(=O)Nc1cccc2c(=O)n(CCN3CCOCC3)ccc12. The largest absolute Gasteiger partial charge is 0.496 e. The molecule has 0 saturated carbocycles. The van der Waals surface area contributed by atoms with Crippen molar-refractivity contribution in [3.8, 4) is 5.75 Å². The number of rotatable bonds is 7. The Bertz CT molecular complexity index is 1120. The minimum atomic E-state index is -0.159. The molecule has 3 aromatic rings. The molecule has 0 aliphatic carbocycles. The third kappa shape index (κ3) is 4.95. The van der Waals surface area contributed by atoms with Gasteiger partial charge in [0.1, 0.15) is 5.75 Å². The highest BCUT2D eigenvalue weighted by molar-refractivity contribution is 6.02. The molecule has 7 heteroatoms. The van der Waals surface area contributed by atoms with Gasteiger partial charge in [-0.1, -0.05) is 24.3 Å². The Balaban J connectivity index is 1.50. The van der Waals surface area contributed by atoms with E-state index in [4.69, 9.17) is 9.47 Å². The van der Waals surface area contributed by atoms with Gasteiger partial charge >= 0.3 is 0 Å². The van der Waals surface area contributed by atoms with Crippen molar-refractivity contribution in [2.24, 2.45) is 0 Å². The van der Waals surface area contributed by atoms with Crippen molar-refractivity contribution >= 4 is 22.4 Å². The summed E-state index contributed by atoms with van der Waals surface area (Å²) in [5, 5.41) is 4.29. The Labute approximate surface area is 181 Å². The quantitative estimate of drug-likeness (QED) is 0.635. The maximum Gasteiger partial charge on any atom is 0.258 e. The van der Waals surface area contributed by atoms with Crippen molar-refractivity contribution in [3.05, 3.63) is 70.6 Å². The van der Waals surface area contributed by atoms with Gasteiger partial charge in [-0.25, -0.2) is 0 Å². The molecular weight excluding hydrogens is 394 g/mol. The number of anilines is 1. The van der Waals surface area contributed by atoms with Gasteiger partial charge < -0.3 is 19.4 Å². The minimum absolute atomic E-state index is 0.0495. The summed E-state index contributed by atoms with van der Waals surface area (Å²) in [6, 6.07) is 14.8. The van der Waals surface area contributed by atoms with Gasteiger partial charge in [-0.05, 0) is 24.3 Å². The molecule has 1 aliphatic rings. The molecule has 162 valence electrons. The second-order valence-corrected chi connectivity index (χ2v) is 7.57. The third-order valence-corrected chi connectivity index (χ3v) is 5.60. The smallest absolute Gasteiger partial charge is 0.258 e. The fraction of sp³-hybridized carbons (Fsp3) is 0.333. The van der Waals surface area contributed by atoms with Crippen LogP contribution < -0.4 is 15.6 Å². The summed E-state index contributed by atoms with van der Waals surface area (Å²) < 4.78 is 12.4. The van der Waals surface area contributed by atoms with Crippen LogP contribution in [0.4, 0.5) is 5.69 Å². The first-order chi connectivity index (χ1) is 15.2.